The van der Waals surface area contributed by atoms with E-state index in [1.54, 1.807) is 0 Å². The molecule has 0 saturated heterocycles. The minimum Gasteiger partial charge on any atom is -0.454 e. The lowest BCUT2D eigenvalue weighted by Crippen LogP contribution is -2.40. The Hall–Kier alpha value is -2.47. The maximum atomic E-state index is 12.4. The molecule has 2 aromatic rings. The van der Waals surface area contributed by atoms with Gasteiger partial charge in [-0.2, -0.15) is 4.72 Å². The topological polar surface area (TPSA) is 145 Å². The number of amides is 2. The van der Waals surface area contributed by atoms with Crippen LogP contribution in [0, 0.1) is 0 Å². The van der Waals surface area contributed by atoms with Gasteiger partial charge in [0, 0.05) is 9.90 Å². The number of carbonyl (C=O) groups excluding carboxylic acids is 3. The molecule has 0 saturated carbocycles. The monoisotopic (exact) mass is 499 g/mol. The van der Waals surface area contributed by atoms with E-state index in [1.807, 2.05) is 0 Å². The quantitative estimate of drug-likeness (QED) is 0.475. The number of halogens is 1. The fourth-order valence-electron chi connectivity index (χ4n) is 3.30. The summed E-state index contributed by atoms with van der Waals surface area (Å²) in [6.07, 6.45) is 3.48. The molecule has 3 rings (SSSR count). The summed E-state index contributed by atoms with van der Waals surface area (Å²) in [6.45, 7) is 0.652. The smallest absolute Gasteiger partial charge is 0.324 e. The molecule has 0 bridgehead atoms. The van der Waals surface area contributed by atoms with Crippen LogP contribution in [-0.2, 0) is 37.2 Å². The van der Waals surface area contributed by atoms with Crippen molar-refractivity contribution in [3.8, 4) is 0 Å². The lowest BCUT2D eigenvalue weighted by Gasteiger charge is -2.14. The lowest BCUT2D eigenvalue weighted by molar-refractivity contribution is -0.148. The van der Waals surface area contributed by atoms with Crippen LogP contribution in [0.15, 0.2) is 29.2 Å². The van der Waals surface area contributed by atoms with Crippen LogP contribution in [0.5, 0.6) is 0 Å². The summed E-state index contributed by atoms with van der Waals surface area (Å²) in [7, 11) is -3.99. The van der Waals surface area contributed by atoms with Crippen molar-refractivity contribution < 1.29 is 27.5 Å². The Kier molecular flexibility index (Phi) is 7.55. The van der Waals surface area contributed by atoms with E-state index in [2.05, 4.69) is 10.0 Å². The summed E-state index contributed by atoms with van der Waals surface area (Å²) in [4.78, 5) is 37.3. The number of ether oxygens (including phenoxy) is 1. The number of nitrogens with two attached hydrogens (primary N) is 1. The van der Waals surface area contributed by atoms with Gasteiger partial charge in [0.15, 0.2) is 6.61 Å². The standard InChI is InChI=1S/C20H22ClN3O6S2/c1-11(24-32(28,29)13-8-6-12(21)7-9-13)20(27)30-10-16(25)23-19-17(18(22)26)14-4-2-3-5-15(14)31-19/h6-9,11,24H,2-5,10H2,1H3,(H2,22,26)(H,23,25)/t11-/m0/s1. The number of hydrogen-bond donors (Lipinski definition) is 3. The number of thiophene rings is 1. The number of nitrogens with one attached hydrogen (secondary N) is 2. The molecule has 0 fully saturated rings. The van der Waals surface area contributed by atoms with Crippen molar-refractivity contribution in [2.45, 2.75) is 43.5 Å². The number of benzene rings is 1. The molecule has 12 heteroatoms. The average Bonchev–Trinajstić information content (AvgIpc) is 3.09. The highest BCUT2D eigenvalue weighted by Gasteiger charge is 2.26. The van der Waals surface area contributed by atoms with Gasteiger partial charge in [-0.25, -0.2) is 8.42 Å². The molecule has 1 heterocycles. The lowest BCUT2D eigenvalue weighted by atomic mass is 9.95. The van der Waals surface area contributed by atoms with Gasteiger partial charge < -0.3 is 15.8 Å². The second kappa shape index (κ2) is 9.99. The minimum absolute atomic E-state index is 0.0695. The predicted molar refractivity (Wildman–Crippen MR) is 120 cm³/mol. The van der Waals surface area contributed by atoms with E-state index in [1.165, 1.54) is 42.5 Å². The summed E-state index contributed by atoms with van der Waals surface area (Å²) in [5, 5.41) is 3.28. The molecule has 172 valence electrons. The van der Waals surface area contributed by atoms with E-state index < -0.39 is 40.5 Å². The Morgan fingerprint density at radius 1 is 1.19 bits per heavy atom. The van der Waals surface area contributed by atoms with E-state index >= 15 is 0 Å². The molecule has 32 heavy (non-hydrogen) atoms. The van der Waals surface area contributed by atoms with Crippen LogP contribution in [0.4, 0.5) is 5.00 Å². The van der Waals surface area contributed by atoms with Gasteiger partial charge in [0.1, 0.15) is 11.0 Å². The van der Waals surface area contributed by atoms with Gasteiger partial charge in [-0.15, -0.1) is 11.3 Å². The maximum Gasteiger partial charge on any atom is 0.324 e. The average molecular weight is 500 g/mol. The molecule has 1 aromatic heterocycles. The highest BCUT2D eigenvalue weighted by molar-refractivity contribution is 7.89. The molecule has 1 aliphatic rings. The Balaban J connectivity index is 1.58. The zero-order valence-electron chi connectivity index (χ0n) is 17.1. The third kappa shape index (κ3) is 5.66. The highest BCUT2D eigenvalue weighted by Crippen LogP contribution is 2.37. The molecule has 1 aliphatic carbocycles. The summed E-state index contributed by atoms with van der Waals surface area (Å²) in [5.74, 6) is -2.22. The summed E-state index contributed by atoms with van der Waals surface area (Å²) < 4.78 is 31.8. The molecule has 1 atom stereocenters. The number of aryl methyl sites for hydroxylation is 1. The molecule has 0 radical (unpaired) electrons. The van der Waals surface area contributed by atoms with Gasteiger partial charge >= 0.3 is 5.97 Å². The van der Waals surface area contributed by atoms with Gasteiger partial charge in [0.05, 0.1) is 10.5 Å². The Morgan fingerprint density at radius 2 is 1.84 bits per heavy atom. The van der Waals surface area contributed by atoms with Gasteiger partial charge in [-0.1, -0.05) is 11.6 Å². The normalized spacial score (nSPS) is 14.3. The number of sulfonamides is 1. The van der Waals surface area contributed by atoms with Crippen molar-refractivity contribution >= 4 is 55.7 Å². The van der Waals surface area contributed by atoms with Crippen LogP contribution >= 0.6 is 22.9 Å². The predicted octanol–water partition coefficient (Wildman–Crippen LogP) is 2.23. The first-order valence-corrected chi connectivity index (χ1v) is 12.4. The molecule has 9 nitrogen and oxygen atoms in total. The number of esters is 1. The van der Waals surface area contributed by atoms with E-state index in [9.17, 15) is 22.8 Å². The first kappa shape index (κ1) is 24.2. The van der Waals surface area contributed by atoms with Crippen molar-refractivity contribution in [1.82, 2.24) is 4.72 Å². The minimum atomic E-state index is -3.99. The van der Waals surface area contributed by atoms with Crippen LogP contribution in [0.25, 0.3) is 0 Å². The van der Waals surface area contributed by atoms with Crippen molar-refractivity contribution in [3.05, 3.63) is 45.3 Å². The Morgan fingerprint density at radius 3 is 2.50 bits per heavy atom. The van der Waals surface area contributed by atoms with E-state index in [4.69, 9.17) is 22.1 Å². The molecule has 4 N–H and O–H groups in total. The highest BCUT2D eigenvalue weighted by atomic mass is 35.5. The Labute approximate surface area is 194 Å². The number of fused-ring (bicyclic) bond motifs is 1. The zero-order valence-corrected chi connectivity index (χ0v) is 19.5. The Bertz CT molecular complexity index is 1140. The number of primary amides is 1. The summed E-state index contributed by atoms with van der Waals surface area (Å²) in [5.41, 5.74) is 6.66. The van der Waals surface area contributed by atoms with E-state index in [-0.39, 0.29) is 4.90 Å². The second-order valence-electron chi connectivity index (χ2n) is 7.23. The van der Waals surface area contributed by atoms with Crippen LogP contribution < -0.4 is 15.8 Å². The van der Waals surface area contributed by atoms with Crippen LogP contribution in [0.3, 0.4) is 0 Å². The van der Waals surface area contributed by atoms with Crippen molar-refractivity contribution in [2.75, 3.05) is 11.9 Å². The molecule has 2 amide bonds. The molecule has 0 unspecified atom stereocenters. The van der Waals surface area contributed by atoms with Crippen molar-refractivity contribution in [1.29, 1.82) is 0 Å². The largest absolute Gasteiger partial charge is 0.454 e. The summed E-state index contributed by atoms with van der Waals surface area (Å²) >= 11 is 7.04. The first-order chi connectivity index (χ1) is 15.1. The second-order valence-corrected chi connectivity index (χ2v) is 10.5. The van der Waals surface area contributed by atoms with Crippen LogP contribution in [0.1, 0.15) is 40.6 Å². The summed E-state index contributed by atoms with van der Waals surface area (Å²) in [6, 6.07) is 4.18. The molecule has 0 spiro atoms. The van der Waals surface area contributed by atoms with Gasteiger partial charge in [-0.3, -0.25) is 14.4 Å². The van der Waals surface area contributed by atoms with E-state index in [0.717, 1.165) is 36.1 Å². The molecular weight excluding hydrogens is 478 g/mol. The first-order valence-electron chi connectivity index (χ1n) is 9.77. The SMILES string of the molecule is C[C@H](NS(=O)(=O)c1ccc(Cl)cc1)C(=O)OCC(=O)Nc1sc2c(c1C(N)=O)CCCC2. The maximum absolute atomic E-state index is 12.4. The van der Waals surface area contributed by atoms with Gasteiger partial charge in [-0.05, 0) is 62.4 Å². The molecular formula is C20H22ClN3O6S2. The fourth-order valence-corrected chi connectivity index (χ4v) is 5.93. The van der Waals surface area contributed by atoms with Crippen LogP contribution in [-0.4, -0.2) is 38.9 Å². The third-order valence-electron chi connectivity index (χ3n) is 4.83. The van der Waals surface area contributed by atoms with Crippen molar-refractivity contribution in [3.63, 3.8) is 0 Å². The zero-order chi connectivity index (χ0) is 23.5. The number of carbonyl (C=O) groups is 3. The van der Waals surface area contributed by atoms with Crippen LogP contribution in [0.2, 0.25) is 5.02 Å². The molecule has 1 aromatic carbocycles. The van der Waals surface area contributed by atoms with Gasteiger partial charge in [0.25, 0.3) is 11.8 Å². The van der Waals surface area contributed by atoms with Gasteiger partial charge in [0.2, 0.25) is 10.0 Å². The fraction of sp³-hybridized carbons (Fsp3) is 0.350. The molecule has 0 aliphatic heterocycles. The number of anilines is 1. The third-order valence-corrected chi connectivity index (χ3v) is 7.84. The van der Waals surface area contributed by atoms with E-state index in [0.29, 0.717) is 15.6 Å². The number of rotatable bonds is 8. The van der Waals surface area contributed by atoms with Crippen molar-refractivity contribution in [2.24, 2.45) is 5.73 Å². The number of hydrogen-bond acceptors (Lipinski definition) is 7.